The minimum absolute atomic E-state index is 0.0985. The number of fused-ring (bicyclic) bond motifs is 1. The third-order valence-electron chi connectivity index (χ3n) is 4.56. The Kier molecular flexibility index (Phi) is 3.84. The molecule has 0 spiro atoms. The van der Waals surface area contributed by atoms with Crippen molar-refractivity contribution in [3.05, 3.63) is 60.0 Å². The molecule has 1 fully saturated rings. The maximum atomic E-state index is 13.5. The molecule has 0 saturated heterocycles. The van der Waals surface area contributed by atoms with Crippen LogP contribution >= 0.6 is 0 Å². The van der Waals surface area contributed by atoms with Gasteiger partial charge in [0.25, 0.3) is 0 Å². The van der Waals surface area contributed by atoms with Gasteiger partial charge in [0.05, 0.1) is 0 Å². The number of anilines is 1. The van der Waals surface area contributed by atoms with Crippen LogP contribution in [0.2, 0.25) is 0 Å². The zero-order valence-electron chi connectivity index (χ0n) is 13.6. The third kappa shape index (κ3) is 3.18. The van der Waals surface area contributed by atoms with Crippen molar-refractivity contribution in [1.82, 2.24) is 10.3 Å². The Morgan fingerprint density at radius 2 is 1.96 bits per heavy atom. The molecular weight excluding hydrogens is 317 g/mol. The van der Waals surface area contributed by atoms with Gasteiger partial charge in [-0.2, -0.15) is 0 Å². The monoisotopic (exact) mass is 335 g/mol. The summed E-state index contributed by atoms with van der Waals surface area (Å²) in [5.74, 6) is 0.416. The van der Waals surface area contributed by atoms with Crippen LogP contribution < -0.4 is 11.1 Å². The number of nitrogens with two attached hydrogens (primary N) is 1. The van der Waals surface area contributed by atoms with Crippen LogP contribution in [0.25, 0.3) is 21.9 Å². The summed E-state index contributed by atoms with van der Waals surface area (Å²) in [5, 5.41) is 4.71. The number of carbonyl (C=O) groups is 1. The highest BCUT2D eigenvalue weighted by molar-refractivity contribution is 5.96. The molecule has 3 aromatic rings. The first kappa shape index (κ1) is 15.6. The van der Waals surface area contributed by atoms with Crippen molar-refractivity contribution >= 4 is 22.5 Å². The van der Waals surface area contributed by atoms with Crippen LogP contribution in [-0.4, -0.2) is 10.9 Å². The number of aromatic nitrogens is 1. The normalized spacial score (nSPS) is 13.8. The van der Waals surface area contributed by atoms with Gasteiger partial charge in [-0.25, -0.2) is 9.37 Å². The molecule has 1 saturated carbocycles. The second-order valence-corrected chi connectivity index (χ2v) is 6.43. The minimum atomic E-state index is -0.278. The molecule has 0 aliphatic heterocycles. The summed E-state index contributed by atoms with van der Waals surface area (Å²) in [6, 6.07) is 12.2. The first-order valence-electron chi connectivity index (χ1n) is 8.32. The van der Waals surface area contributed by atoms with Crippen LogP contribution in [0, 0.1) is 11.7 Å². The Morgan fingerprint density at radius 3 is 2.72 bits per heavy atom. The summed E-state index contributed by atoms with van der Waals surface area (Å²) in [6.45, 7) is 0.429. The van der Waals surface area contributed by atoms with E-state index in [1.165, 1.54) is 12.1 Å². The molecule has 5 heteroatoms. The van der Waals surface area contributed by atoms with Crippen molar-refractivity contribution in [3.63, 3.8) is 0 Å². The van der Waals surface area contributed by atoms with Crippen molar-refractivity contribution < 1.29 is 9.18 Å². The van der Waals surface area contributed by atoms with E-state index in [-0.39, 0.29) is 17.6 Å². The van der Waals surface area contributed by atoms with Gasteiger partial charge in [-0.1, -0.05) is 24.3 Å². The molecule has 0 unspecified atom stereocenters. The summed E-state index contributed by atoms with van der Waals surface area (Å²) in [7, 11) is 0. The van der Waals surface area contributed by atoms with Gasteiger partial charge >= 0.3 is 0 Å². The number of nitrogen functional groups attached to an aromatic ring is 1. The molecule has 4 rings (SSSR count). The van der Waals surface area contributed by atoms with Gasteiger partial charge in [-0.3, -0.25) is 4.79 Å². The first-order valence-corrected chi connectivity index (χ1v) is 8.32. The topological polar surface area (TPSA) is 68.0 Å². The maximum absolute atomic E-state index is 13.5. The number of hydrogen-bond donors (Lipinski definition) is 2. The van der Waals surface area contributed by atoms with Gasteiger partial charge < -0.3 is 11.1 Å². The standard InChI is InChI=1S/C20H18FN3O/c21-16-3-1-2-13(8-16)14-6-7-17-15(10-23-19(22)18(17)9-14)11-24-20(25)12-4-5-12/h1-3,6-10,12H,4-5,11H2,(H2,22,23)(H,24,25). The molecule has 0 radical (unpaired) electrons. The number of nitrogens with zero attached hydrogens (tertiary/aromatic N) is 1. The van der Waals surface area contributed by atoms with E-state index >= 15 is 0 Å². The summed E-state index contributed by atoms with van der Waals surface area (Å²) in [4.78, 5) is 16.1. The predicted octanol–water partition coefficient (Wildman–Crippen LogP) is 3.65. The predicted molar refractivity (Wildman–Crippen MR) is 96.1 cm³/mol. The maximum Gasteiger partial charge on any atom is 0.223 e. The third-order valence-corrected chi connectivity index (χ3v) is 4.56. The quantitative estimate of drug-likeness (QED) is 0.765. The van der Waals surface area contributed by atoms with E-state index in [2.05, 4.69) is 10.3 Å². The number of pyridine rings is 1. The second-order valence-electron chi connectivity index (χ2n) is 6.43. The summed E-state index contributed by atoms with van der Waals surface area (Å²) in [5.41, 5.74) is 8.62. The second kappa shape index (κ2) is 6.16. The average Bonchev–Trinajstić information content (AvgIpc) is 3.46. The van der Waals surface area contributed by atoms with E-state index in [4.69, 9.17) is 5.73 Å². The molecule has 0 bridgehead atoms. The van der Waals surface area contributed by atoms with E-state index in [0.717, 1.165) is 40.3 Å². The molecule has 25 heavy (non-hydrogen) atoms. The van der Waals surface area contributed by atoms with Crippen LogP contribution in [0.3, 0.4) is 0 Å². The van der Waals surface area contributed by atoms with Gasteiger partial charge in [-0.05, 0) is 53.1 Å². The van der Waals surface area contributed by atoms with Crippen LogP contribution in [0.4, 0.5) is 10.2 Å². The Labute approximate surface area is 144 Å². The first-order chi connectivity index (χ1) is 12.1. The van der Waals surface area contributed by atoms with Gasteiger partial charge in [0.15, 0.2) is 0 Å². The summed E-state index contributed by atoms with van der Waals surface area (Å²) in [6.07, 6.45) is 3.65. The lowest BCUT2D eigenvalue weighted by molar-refractivity contribution is -0.122. The van der Waals surface area contributed by atoms with Gasteiger partial charge in [0, 0.05) is 24.0 Å². The zero-order valence-corrected chi connectivity index (χ0v) is 13.6. The summed E-state index contributed by atoms with van der Waals surface area (Å²) < 4.78 is 13.5. The molecule has 1 aliphatic rings. The Bertz CT molecular complexity index is 966. The fourth-order valence-corrected chi connectivity index (χ4v) is 2.98. The molecule has 1 aromatic heterocycles. The number of rotatable bonds is 4. The van der Waals surface area contributed by atoms with E-state index < -0.39 is 0 Å². The number of benzene rings is 2. The smallest absolute Gasteiger partial charge is 0.223 e. The van der Waals surface area contributed by atoms with Gasteiger partial charge in [-0.15, -0.1) is 0 Å². The molecule has 4 nitrogen and oxygen atoms in total. The van der Waals surface area contributed by atoms with Crippen LogP contribution in [0.15, 0.2) is 48.7 Å². The number of hydrogen-bond acceptors (Lipinski definition) is 3. The SMILES string of the molecule is Nc1ncc(CNC(=O)C2CC2)c2ccc(-c3cccc(F)c3)cc12. The van der Waals surface area contributed by atoms with Crippen molar-refractivity contribution in [2.45, 2.75) is 19.4 Å². The summed E-state index contributed by atoms with van der Waals surface area (Å²) >= 11 is 0. The molecular formula is C20H18FN3O. The molecule has 1 amide bonds. The lowest BCUT2D eigenvalue weighted by atomic mass is 9.99. The molecule has 3 N–H and O–H groups in total. The largest absolute Gasteiger partial charge is 0.383 e. The highest BCUT2D eigenvalue weighted by atomic mass is 19.1. The van der Waals surface area contributed by atoms with Crippen molar-refractivity contribution in [2.75, 3.05) is 5.73 Å². The van der Waals surface area contributed by atoms with Crippen LogP contribution in [0.5, 0.6) is 0 Å². The van der Waals surface area contributed by atoms with Crippen molar-refractivity contribution in [1.29, 1.82) is 0 Å². The Hall–Kier alpha value is -2.95. The number of halogens is 1. The highest BCUT2D eigenvalue weighted by Crippen LogP contribution is 2.31. The number of amides is 1. The molecule has 1 heterocycles. The zero-order chi connectivity index (χ0) is 17.4. The average molecular weight is 335 g/mol. The van der Waals surface area contributed by atoms with Gasteiger partial charge in [0.2, 0.25) is 5.91 Å². The number of carbonyl (C=O) groups excluding carboxylic acids is 1. The molecule has 0 atom stereocenters. The fraction of sp³-hybridized carbons (Fsp3) is 0.200. The number of nitrogens with one attached hydrogen (secondary N) is 1. The van der Waals surface area contributed by atoms with E-state index in [1.54, 1.807) is 12.3 Å². The molecule has 1 aliphatic carbocycles. The van der Waals surface area contributed by atoms with Crippen molar-refractivity contribution in [2.24, 2.45) is 5.92 Å². The van der Waals surface area contributed by atoms with Gasteiger partial charge in [0.1, 0.15) is 11.6 Å². The van der Waals surface area contributed by atoms with E-state index in [9.17, 15) is 9.18 Å². The Morgan fingerprint density at radius 1 is 1.16 bits per heavy atom. The lowest BCUT2D eigenvalue weighted by Crippen LogP contribution is -2.24. The minimum Gasteiger partial charge on any atom is -0.383 e. The fourth-order valence-electron chi connectivity index (χ4n) is 2.98. The van der Waals surface area contributed by atoms with Crippen LogP contribution in [-0.2, 0) is 11.3 Å². The Balaban J connectivity index is 1.69. The highest BCUT2D eigenvalue weighted by Gasteiger charge is 2.29. The van der Waals surface area contributed by atoms with E-state index in [1.807, 2.05) is 24.3 Å². The van der Waals surface area contributed by atoms with E-state index in [0.29, 0.717) is 12.4 Å². The molecule has 2 aromatic carbocycles. The molecule has 126 valence electrons. The van der Waals surface area contributed by atoms with Crippen molar-refractivity contribution in [3.8, 4) is 11.1 Å². The van der Waals surface area contributed by atoms with Crippen LogP contribution in [0.1, 0.15) is 18.4 Å². The lowest BCUT2D eigenvalue weighted by Gasteiger charge is -2.11.